The number of phosphoric ester groups is 2. The second-order valence-corrected chi connectivity index (χ2v) is 16.0. The van der Waals surface area contributed by atoms with Crippen molar-refractivity contribution in [2.75, 3.05) is 37.8 Å². The van der Waals surface area contributed by atoms with Crippen molar-refractivity contribution in [1.29, 1.82) is 0 Å². The van der Waals surface area contributed by atoms with E-state index in [-0.39, 0.29) is 54.5 Å². The largest absolute Gasteiger partial charge is 0.472 e. The highest BCUT2D eigenvalue weighted by Gasteiger charge is 2.51. The van der Waals surface area contributed by atoms with Gasteiger partial charge in [-0.05, 0) is 19.4 Å². The number of allylic oxidation sites excluding steroid dienone is 1. The van der Waals surface area contributed by atoms with Crippen LogP contribution in [0.15, 0.2) is 42.4 Å². The van der Waals surface area contributed by atoms with Crippen molar-refractivity contribution in [3.8, 4) is 0 Å². The molecular weight excluding hydrogens is 816 g/mol. The summed E-state index contributed by atoms with van der Waals surface area (Å²) >= 11 is 0. The molecule has 0 spiro atoms. The summed E-state index contributed by atoms with van der Waals surface area (Å²) in [7, 11) is -10.3. The molecule has 4 unspecified atom stereocenters. The number of ether oxygens (including phenoxy) is 4. The molecule has 6 rings (SSSR count). The van der Waals surface area contributed by atoms with Crippen molar-refractivity contribution in [2.24, 2.45) is 0 Å². The third-order valence-electron chi connectivity index (χ3n) is 9.46. The second kappa shape index (κ2) is 17.9. The molecule has 8 N–H and O–H groups in total. The van der Waals surface area contributed by atoms with Crippen LogP contribution in [0.4, 0.5) is 11.6 Å². The number of nitrogens with two attached hydrogens (primary N) is 2. The van der Waals surface area contributed by atoms with Crippen molar-refractivity contribution in [3.05, 3.63) is 48.1 Å². The molecule has 3 saturated heterocycles. The Hall–Kier alpha value is -4.23. The number of aromatic nitrogens is 6. The van der Waals surface area contributed by atoms with E-state index in [1.54, 1.807) is 13.0 Å². The van der Waals surface area contributed by atoms with E-state index in [0.717, 1.165) is 10.9 Å². The van der Waals surface area contributed by atoms with Crippen LogP contribution in [-0.4, -0.2) is 135 Å². The molecule has 0 radical (unpaired) electrons. The lowest BCUT2D eigenvalue weighted by molar-refractivity contribution is -0.164. The number of carbonyl (C=O) groups is 2. The Bertz CT molecular complexity index is 2140. The number of imidazole rings is 1. The molecule has 10 atom stereocenters. The van der Waals surface area contributed by atoms with Crippen molar-refractivity contribution < 1.29 is 71.0 Å². The molecule has 6 heterocycles. The van der Waals surface area contributed by atoms with E-state index < -0.39 is 95.6 Å². The lowest BCUT2D eigenvalue weighted by Crippen LogP contribution is -2.46. The summed E-state index contributed by atoms with van der Waals surface area (Å²) in [6, 6.07) is 0.158. The lowest BCUT2D eigenvalue weighted by Gasteiger charge is -2.27. The number of nitrogens with zero attached hydrogens (tertiary/aromatic N) is 7. The van der Waals surface area contributed by atoms with Gasteiger partial charge in [0.15, 0.2) is 23.8 Å². The van der Waals surface area contributed by atoms with Gasteiger partial charge in [-0.25, -0.2) is 33.7 Å². The van der Waals surface area contributed by atoms with E-state index in [9.17, 15) is 43.3 Å². The number of aliphatic hydroxyl groups excluding tert-OH is 1. The van der Waals surface area contributed by atoms with Crippen molar-refractivity contribution in [2.45, 2.75) is 87.7 Å². The normalized spacial score (nSPS) is 28.5. The van der Waals surface area contributed by atoms with Gasteiger partial charge in [0, 0.05) is 38.6 Å². The minimum Gasteiger partial charge on any atom is -0.455 e. The van der Waals surface area contributed by atoms with E-state index in [0.29, 0.717) is 13.0 Å². The van der Waals surface area contributed by atoms with Crippen LogP contribution < -0.4 is 17.2 Å². The highest BCUT2D eigenvalue weighted by molar-refractivity contribution is 7.47. The summed E-state index contributed by atoms with van der Waals surface area (Å²) < 4.78 is 65.8. The van der Waals surface area contributed by atoms with Gasteiger partial charge in [0.05, 0.1) is 25.6 Å². The second-order valence-electron chi connectivity index (χ2n) is 13.3. The number of amides is 1. The van der Waals surface area contributed by atoms with E-state index in [2.05, 4.69) is 31.0 Å². The Kier molecular flexibility index (Phi) is 13.4. The molecule has 3 aliphatic heterocycles. The Balaban J connectivity index is 1.22. The summed E-state index contributed by atoms with van der Waals surface area (Å²) in [6.45, 7) is 4.11. The first-order chi connectivity index (χ1) is 27.5. The number of hydrogen-bond donors (Lipinski definition) is 6. The maximum absolute atomic E-state index is 13.9. The summed E-state index contributed by atoms with van der Waals surface area (Å²) in [5, 5.41) is 11.6. The molecule has 3 aliphatic rings. The minimum atomic E-state index is -5.20. The number of likely N-dealkylation sites (tertiary alicyclic amines) is 1. The number of aliphatic hydroxyl groups is 1. The Labute approximate surface area is 328 Å². The average molecular weight is 860 g/mol. The monoisotopic (exact) mass is 859 g/mol. The van der Waals surface area contributed by atoms with Gasteiger partial charge in [0.2, 0.25) is 5.91 Å². The van der Waals surface area contributed by atoms with Crippen LogP contribution in [-0.2, 0) is 51.2 Å². The molecule has 3 aromatic heterocycles. The fourth-order valence-electron chi connectivity index (χ4n) is 6.84. The van der Waals surface area contributed by atoms with Gasteiger partial charge in [-0.1, -0.05) is 6.08 Å². The van der Waals surface area contributed by atoms with Crippen molar-refractivity contribution >= 4 is 50.3 Å². The van der Waals surface area contributed by atoms with Crippen molar-refractivity contribution in [3.63, 3.8) is 0 Å². The number of anilines is 2. The third-order valence-corrected chi connectivity index (χ3v) is 11.0. The van der Waals surface area contributed by atoms with Gasteiger partial charge in [-0.3, -0.25) is 27.5 Å². The van der Waals surface area contributed by atoms with Crippen LogP contribution in [0.1, 0.15) is 45.1 Å². The minimum absolute atomic E-state index is 0.0175. The van der Waals surface area contributed by atoms with Crippen LogP contribution in [0.2, 0.25) is 0 Å². The molecule has 3 fully saturated rings. The van der Waals surface area contributed by atoms with Gasteiger partial charge in [0.25, 0.3) is 0 Å². The number of carbonyl (C=O) groups excluding carboxylic acids is 2. The average Bonchev–Trinajstić information content (AvgIpc) is 3.94. The van der Waals surface area contributed by atoms with Gasteiger partial charge < -0.3 is 55.1 Å². The SMILES string of the molecule is C=CCCC(=O)N1CC(OCC)CC1C(=O)O[C@@H]1[C@H](COP(=O)(O)O[C@H]2C[C@H](n3ccc(N)nc3=O)O[C@@H]2COP(=O)(O)O)OC(n2cnc3c(N)ncnc32)[C@@H]1O. The van der Waals surface area contributed by atoms with Gasteiger partial charge in [0.1, 0.15) is 54.3 Å². The molecule has 3 aromatic rings. The zero-order valence-corrected chi connectivity index (χ0v) is 32.6. The van der Waals surface area contributed by atoms with E-state index in [1.165, 1.54) is 28.1 Å². The summed E-state index contributed by atoms with van der Waals surface area (Å²) in [4.78, 5) is 86.1. The number of esters is 1. The number of fused-ring (bicyclic) bond motifs is 1. The quantitative estimate of drug-likeness (QED) is 0.0554. The summed E-state index contributed by atoms with van der Waals surface area (Å²) in [5.41, 5.74) is 10.9. The standard InChI is InChI=1S/C31H43N9O16P2/c1-3-5-6-22(41)39-11-16(50-4-2)9-17(39)30(43)55-26-20(54-29(25(26)42)40-15-36-24-27(33)34-14-35-28(24)40)13-52-58(48,49)56-18-10-23(38-8-7-21(32)37-31(38)44)53-19(18)12-51-57(45,46)47/h3,7-8,14-20,23,25-26,29,42H,1,4-6,9-13H2,2H3,(H,48,49)(H2,32,37,44)(H2,33,34,35)(H2,45,46,47)/t16?,17?,18-,19+,20-,23+,25+,26+,29?/m0/s1. The molecule has 0 bridgehead atoms. The highest BCUT2D eigenvalue weighted by Crippen LogP contribution is 2.50. The molecule has 27 heteroatoms. The number of phosphoric acid groups is 2. The number of nitrogen functional groups attached to an aromatic ring is 2. The van der Waals surface area contributed by atoms with E-state index in [4.69, 9.17) is 39.5 Å². The summed E-state index contributed by atoms with van der Waals surface area (Å²) in [5.74, 6) is -1.36. The Morgan fingerprint density at radius 2 is 1.83 bits per heavy atom. The van der Waals surface area contributed by atoms with Gasteiger partial charge >= 0.3 is 27.3 Å². The molecule has 1 amide bonds. The molecule has 0 saturated carbocycles. The van der Waals surface area contributed by atoms with E-state index >= 15 is 0 Å². The highest BCUT2D eigenvalue weighted by atomic mass is 31.2. The molecule has 0 aromatic carbocycles. The maximum atomic E-state index is 13.9. The van der Waals surface area contributed by atoms with Crippen LogP contribution >= 0.6 is 15.6 Å². The molecular formula is C31H43N9O16P2. The third kappa shape index (κ3) is 9.96. The van der Waals surface area contributed by atoms with Crippen LogP contribution in [0.25, 0.3) is 11.2 Å². The Morgan fingerprint density at radius 3 is 2.53 bits per heavy atom. The number of hydrogen-bond acceptors (Lipinski definition) is 19. The predicted molar refractivity (Wildman–Crippen MR) is 195 cm³/mol. The summed E-state index contributed by atoms with van der Waals surface area (Å²) in [6.07, 6.45) is -5.41. The first kappa shape index (κ1) is 43.4. The Morgan fingerprint density at radius 1 is 1.07 bits per heavy atom. The van der Waals surface area contributed by atoms with Gasteiger partial charge in [-0.15, -0.1) is 6.58 Å². The molecule has 25 nitrogen and oxygen atoms in total. The molecule has 0 aliphatic carbocycles. The predicted octanol–water partition coefficient (Wildman–Crippen LogP) is -0.711. The smallest absolute Gasteiger partial charge is 0.455 e. The van der Waals surface area contributed by atoms with Crippen LogP contribution in [0, 0.1) is 0 Å². The first-order valence-electron chi connectivity index (χ1n) is 17.8. The molecule has 318 valence electrons. The van der Waals surface area contributed by atoms with E-state index in [1.807, 2.05) is 0 Å². The topological polar surface area (TPSA) is 348 Å². The van der Waals surface area contributed by atoms with Crippen LogP contribution in [0.3, 0.4) is 0 Å². The fourth-order valence-corrected chi connectivity index (χ4v) is 8.14. The van der Waals surface area contributed by atoms with Gasteiger partial charge in [-0.2, -0.15) is 4.98 Å². The maximum Gasteiger partial charge on any atom is 0.472 e. The zero-order chi connectivity index (χ0) is 41.9. The lowest BCUT2D eigenvalue weighted by atomic mass is 10.1. The van der Waals surface area contributed by atoms with Crippen LogP contribution in [0.5, 0.6) is 0 Å². The number of rotatable bonds is 17. The van der Waals surface area contributed by atoms with Crippen molar-refractivity contribution in [1.82, 2.24) is 34.0 Å². The fraction of sp³-hybridized carbons (Fsp3) is 0.581. The zero-order valence-electron chi connectivity index (χ0n) is 30.8. The molecule has 58 heavy (non-hydrogen) atoms. The first-order valence-corrected chi connectivity index (χ1v) is 20.9.